The first kappa shape index (κ1) is 22.6. The molecule has 0 unspecified atom stereocenters. The number of fused-ring (bicyclic) bond motifs is 1. The highest BCUT2D eigenvalue weighted by Crippen LogP contribution is 2.20. The van der Waals surface area contributed by atoms with Crippen molar-refractivity contribution in [3.05, 3.63) is 58.2 Å². The number of halogens is 1. The first-order valence-electron chi connectivity index (χ1n) is 10.4. The van der Waals surface area contributed by atoms with Gasteiger partial charge in [0.2, 0.25) is 0 Å². The van der Waals surface area contributed by atoms with Crippen molar-refractivity contribution < 1.29 is 0 Å². The summed E-state index contributed by atoms with van der Waals surface area (Å²) in [4.78, 5) is 15.9. The maximum Gasteiger partial charge on any atom is 0.143 e. The van der Waals surface area contributed by atoms with Crippen LogP contribution in [0.15, 0.2) is 41.8 Å². The van der Waals surface area contributed by atoms with Crippen molar-refractivity contribution in [3.63, 3.8) is 0 Å². The summed E-state index contributed by atoms with van der Waals surface area (Å²) >= 11 is 4.25. The summed E-state index contributed by atoms with van der Waals surface area (Å²) in [5.74, 6) is 0.944. The molecule has 0 aliphatic carbocycles. The van der Waals surface area contributed by atoms with E-state index < -0.39 is 0 Å². The van der Waals surface area contributed by atoms with Crippen LogP contribution < -0.4 is 0 Å². The molecule has 0 aliphatic rings. The molecule has 1 aromatic carbocycles. The smallest absolute Gasteiger partial charge is 0.143 e. The molecule has 3 aromatic rings. The average molecular weight is 523 g/mol. The Hall–Kier alpha value is -1.09. The molecule has 0 saturated carbocycles. The highest BCUT2D eigenvalue weighted by molar-refractivity contribution is 14.1. The molecule has 0 fully saturated rings. The Bertz CT molecular complexity index is 866. The summed E-state index contributed by atoms with van der Waals surface area (Å²) in [6.45, 7) is 2.93. The van der Waals surface area contributed by atoms with Gasteiger partial charge in [-0.1, -0.05) is 59.7 Å². The molecule has 2 aromatic heterocycles. The fourth-order valence-corrected chi connectivity index (χ4v) is 4.72. The Labute approximate surface area is 192 Å². The first-order chi connectivity index (χ1) is 14.2. The normalized spacial score (nSPS) is 11.8. The maximum absolute atomic E-state index is 5.00. The fraction of sp³-hybridized carbons (Fsp3) is 0.478. The van der Waals surface area contributed by atoms with Crippen molar-refractivity contribution in [2.45, 2.75) is 45.2 Å². The number of alkyl halides is 1. The first-order valence-corrected chi connectivity index (χ1v) is 12.8. The van der Waals surface area contributed by atoms with Gasteiger partial charge in [0.05, 0.1) is 22.3 Å². The lowest BCUT2D eigenvalue weighted by molar-refractivity contribution is 0.307. The van der Waals surface area contributed by atoms with E-state index in [9.17, 15) is 0 Å². The highest BCUT2D eigenvalue weighted by atomic mass is 127. The molecule has 156 valence electrons. The van der Waals surface area contributed by atoms with Gasteiger partial charge in [-0.15, -0.1) is 11.3 Å². The summed E-state index contributed by atoms with van der Waals surface area (Å²) in [5.41, 5.74) is 2.28. The number of hydrogen-bond donors (Lipinski definition) is 0. The Morgan fingerprint density at radius 3 is 2.52 bits per heavy atom. The molecule has 2 heterocycles. The van der Waals surface area contributed by atoms with Gasteiger partial charge in [0.25, 0.3) is 0 Å². The van der Waals surface area contributed by atoms with Crippen LogP contribution in [0.25, 0.3) is 10.9 Å². The molecule has 0 spiro atoms. The lowest BCUT2D eigenvalue weighted by atomic mass is 10.1. The number of aryl methyl sites for hydroxylation is 1. The number of nitrogens with zero attached hydrogens (tertiary/aromatic N) is 4. The number of thiophene rings is 1. The standard InChI is InChI=1S/C23H31IN4S/c1-27(2)14-8-4-3-5-12-21-20-11-6-7-13-22(20)26-23(25-21)17-28(18-24)16-19-10-9-15-29-19/h6-7,9-11,13,15H,3-5,8,12,14,16-18H2,1-2H3. The third-order valence-electron chi connectivity index (χ3n) is 4.99. The SMILES string of the molecule is CN(C)CCCCCCc1nc(CN(CI)Cc2cccs2)nc2ccccc12. The minimum absolute atomic E-state index is 0.793. The van der Waals surface area contributed by atoms with Gasteiger partial charge in [0.15, 0.2) is 0 Å². The summed E-state index contributed by atoms with van der Waals surface area (Å²) in [5, 5.41) is 3.35. The zero-order chi connectivity index (χ0) is 20.5. The van der Waals surface area contributed by atoms with E-state index in [1.165, 1.54) is 48.2 Å². The third kappa shape index (κ3) is 7.27. The van der Waals surface area contributed by atoms with E-state index in [2.05, 4.69) is 88.3 Å². The third-order valence-corrected chi connectivity index (χ3v) is 6.82. The van der Waals surface area contributed by atoms with Gasteiger partial charge < -0.3 is 4.90 Å². The predicted octanol–water partition coefficient (Wildman–Crippen LogP) is 5.75. The van der Waals surface area contributed by atoms with Crippen molar-refractivity contribution >= 4 is 44.8 Å². The zero-order valence-corrected chi connectivity index (χ0v) is 20.5. The highest BCUT2D eigenvalue weighted by Gasteiger charge is 2.12. The fourth-order valence-electron chi connectivity index (χ4n) is 3.49. The Kier molecular flexibility index (Phi) is 9.30. The predicted molar refractivity (Wildman–Crippen MR) is 133 cm³/mol. The molecular formula is C23H31IN4S. The van der Waals surface area contributed by atoms with E-state index >= 15 is 0 Å². The molecule has 4 nitrogen and oxygen atoms in total. The second-order valence-electron chi connectivity index (χ2n) is 7.76. The van der Waals surface area contributed by atoms with Gasteiger partial charge >= 0.3 is 0 Å². The quantitative estimate of drug-likeness (QED) is 0.131. The lowest BCUT2D eigenvalue weighted by Gasteiger charge is -2.18. The minimum Gasteiger partial charge on any atom is -0.309 e. The number of aromatic nitrogens is 2. The van der Waals surface area contributed by atoms with Crippen molar-refractivity contribution in [3.8, 4) is 0 Å². The van der Waals surface area contributed by atoms with E-state index in [4.69, 9.17) is 9.97 Å². The topological polar surface area (TPSA) is 32.3 Å². The van der Waals surface area contributed by atoms with Gasteiger partial charge in [-0.2, -0.15) is 0 Å². The van der Waals surface area contributed by atoms with Crippen LogP contribution in [-0.2, 0) is 19.5 Å². The largest absolute Gasteiger partial charge is 0.309 e. The Morgan fingerprint density at radius 2 is 1.76 bits per heavy atom. The van der Waals surface area contributed by atoms with Crippen molar-refractivity contribution in [2.75, 3.05) is 25.2 Å². The van der Waals surface area contributed by atoms with Crippen LogP contribution in [0, 0.1) is 0 Å². The van der Waals surface area contributed by atoms with E-state index in [-0.39, 0.29) is 0 Å². The van der Waals surface area contributed by atoms with Crippen LogP contribution in [-0.4, -0.2) is 45.0 Å². The molecule has 0 bridgehead atoms. The number of hydrogen-bond acceptors (Lipinski definition) is 5. The van der Waals surface area contributed by atoms with Crippen molar-refractivity contribution in [1.29, 1.82) is 0 Å². The van der Waals surface area contributed by atoms with E-state index in [1.54, 1.807) is 0 Å². The van der Waals surface area contributed by atoms with Crippen LogP contribution in [0.1, 0.15) is 42.1 Å². The van der Waals surface area contributed by atoms with Gasteiger partial charge in [0.1, 0.15) is 5.82 Å². The van der Waals surface area contributed by atoms with Crippen LogP contribution in [0.2, 0.25) is 0 Å². The molecule has 0 N–H and O–H groups in total. The van der Waals surface area contributed by atoms with Crippen molar-refractivity contribution in [1.82, 2.24) is 19.8 Å². The van der Waals surface area contributed by atoms with Gasteiger partial charge in [0, 0.05) is 16.8 Å². The van der Waals surface area contributed by atoms with Crippen LogP contribution in [0.5, 0.6) is 0 Å². The Morgan fingerprint density at radius 1 is 0.931 bits per heavy atom. The summed E-state index contributed by atoms with van der Waals surface area (Å²) in [6, 6.07) is 12.8. The number of para-hydroxylation sites is 1. The van der Waals surface area contributed by atoms with Gasteiger partial charge in [-0.3, -0.25) is 4.90 Å². The minimum atomic E-state index is 0.793. The summed E-state index contributed by atoms with van der Waals surface area (Å²) in [6.07, 6.45) is 6.06. The van der Waals surface area contributed by atoms with Crippen LogP contribution in [0.3, 0.4) is 0 Å². The lowest BCUT2D eigenvalue weighted by Crippen LogP contribution is -2.22. The summed E-state index contributed by atoms with van der Waals surface area (Å²) in [7, 11) is 4.29. The summed E-state index contributed by atoms with van der Waals surface area (Å²) < 4.78 is 0.965. The van der Waals surface area contributed by atoms with Gasteiger partial charge in [-0.05, 0) is 57.4 Å². The van der Waals surface area contributed by atoms with Crippen LogP contribution in [0.4, 0.5) is 0 Å². The van der Waals surface area contributed by atoms with Crippen molar-refractivity contribution in [2.24, 2.45) is 0 Å². The second kappa shape index (κ2) is 11.9. The average Bonchev–Trinajstić information content (AvgIpc) is 3.23. The molecule has 0 atom stereocenters. The molecule has 3 rings (SSSR count). The number of unbranched alkanes of at least 4 members (excludes halogenated alkanes) is 3. The number of rotatable bonds is 12. The maximum atomic E-state index is 5.00. The molecule has 0 aliphatic heterocycles. The van der Waals surface area contributed by atoms with E-state index in [1.807, 2.05) is 11.3 Å². The monoisotopic (exact) mass is 522 g/mol. The molecule has 0 radical (unpaired) electrons. The van der Waals surface area contributed by atoms with Crippen LogP contribution >= 0.6 is 33.9 Å². The molecule has 0 amide bonds. The zero-order valence-electron chi connectivity index (χ0n) is 17.5. The second-order valence-corrected chi connectivity index (χ2v) is 9.47. The van der Waals surface area contributed by atoms with E-state index in [0.29, 0.717) is 0 Å². The van der Waals surface area contributed by atoms with E-state index in [0.717, 1.165) is 35.4 Å². The molecule has 0 saturated heterocycles. The Balaban J connectivity index is 1.66. The molecule has 29 heavy (non-hydrogen) atoms. The molecular weight excluding hydrogens is 491 g/mol. The van der Waals surface area contributed by atoms with Gasteiger partial charge in [-0.25, -0.2) is 9.97 Å². The molecule has 6 heteroatoms. The number of benzene rings is 1.